The Hall–Kier alpha value is -3.49. The van der Waals surface area contributed by atoms with Crippen molar-refractivity contribution in [3.8, 4) is 0 Å². The quantitative estimate of drug-likeness (QED) is 0.730. The van der Waals surface area contributed by atoms with Gasteiger partial charge in [-0.15, -0.1) is 0 Å². The van der Waals surface area contributed by atoms with Crippen molar-refractivity contribution in [2.24, 2.45) is 0 Å². The van der Waals surface area contributed by atoms with Gasteiger partial charge in [0.2, 0.25) is 5.76 Å². The molecule has 1 N–H and O–H groups in total. The van der Waals surface area contributed by atoms with E-state index in [1.165, 1.54) is 24.6 Å². The van der Waals surface area contributed by atoms with Gasteiger partial charge in [-0.2, -0.15) is 5.10 Å². The summed E-state index contributed by atoms with van der Waals surface area (Å²) in [5.74, 6) is -0.232. The van der Waals surface area contributed by atoms with Crippen LogP contribution in [0.2, 0.25) is 0 Å². The van der Waals surface area contributed by atoms with E-state index in [2.05, 4.69) is 15.4 Å². The van der Waals surface area contributed by atoms with Crippen LogP contribution in [0.5, 0.6) is 0 Å². The van der Waals surface area contributed by atoms with Crippen molar-refractivity contribution in [2.45, 2.75) is 25.8 Å². The number of benzene rings is 1. The second-order valence-electron chi connectivity index (χ2n) is 6.92. The first-order valence-corrected chi connectivity index (χ1v) is 9.32. The molecule has 0 atom stereocenters. The fourth-order valence-corrected chi connectivity index (χ4v) is 3.49. The Morgan fingerprint density at radius 1 is 1.24 bits per heavy atom. The zero-order valence-corrected chi connectivity index (χ0v) is 15.8. The summed E-state index contributed by atoms with van der Waals surface area (Å²) in [7, 11) is 0. The number of hydrogen-bond donors (Lipinski definition) is 1. The van der Waals surface area contributed by atoms with Crippen LogP contribution in [0.3, 0.4) is 0 Å². The highest BCUT2D eigenvalue weighted by Gasteiger charge is 2.28. The molecule has 0 spiro atoms. The largest absolute Gasteiger partial charge is 0.438 e. The van der Waals surface area contributed by atoms with Crippen molar-refractivity contribution in [3.05, 3.63) is 65.8 Å². The summed E-state index contributed by atoms with van der Waals surface area (Å²) in [6.45, 7) is 2.82. The molecule has 3 heterocycles. The molecule has 0 aliphatic carbocycles. The van der Waals surface area contributed by atoms with Gasteiger partial charge in [0.05, 0.1) is 17.9 Å². The van der Waals surface area contributed by atoms with Crippen LogP contribution in [0.4, 0.5) is 10.2 Å². The average molecular weight is 397 g/mol. The Kier molecular flexibility index (Phi) is 5.11. The maximum atomic E-state index is 13.4. The molecule has 1 aromatic carbocycles. The van der Waals surface area contributed by atoms with Gasteiger partial charge in [0.1, 0.15) is 11.6 Å². The number of rotatable bonds is 4. The lowest BCUT2D eigenvalue weighted by Crippen LogP contribution is -2.39. The molecule has 1 aliphatic heterocycles. The summed E-state index contributed by atoms with van der Waals surface area (Å²) in [6, 6.07) is 7.25. The van der Waals surface area contributed by atoms with Crippen molar-refractivity contribution < 1.29 is 18.4 Å². The second-order valence-corrected chi connectivity index (χ2v) is 6.92. The number of aryl methyl sites for hydroxylation is 1. The molecule has 29 heavy (non-hydrogen) atoms. The molecule has 150 valence electrons. The maximum Gasteiger partial charge on any atom is 0.291 e. The SMILES string of the molecule is Cc1ncoc1C(=O)N1CCC(n2nccc2NC(=O)c2cccc(F)c2)CC1. The molecule has 2 aromatic heterocycles. The number of hydrogen-bond acceptors (Lipinski definition) is 5. The highest BCUT2D eigenvalue weighted by molar-refractivity contribution is 6.03. The number of likely N-dealkylation sites (tertiary alicyclic amines) is 1. The maximum absolute atomic E-state index is 13.4. The van der Waals surface area contributed by atoms with Crippen LogP contribution in [-0.4, -0.2) is 44.6 Å². The number of amides is 2. The van der Waals surface area contributed by atoms with Gasteiger partial charge < -0.3 is 14.6 Å². The number of carbonyl (C=O) groups excluding carboxylic acids is 2. The third-order valence-corrected chi connectivity index (χ3v) is 5.04. The zero-order chi connectivity index (χ0) is 20.4. The Morgan fingerprint density at radius 2 is 2.03 bits per heavy atom. The van der Waals surface area contributed by atoms with Gasteiger partial charge in [0.25, 0.3) is 11.8 Å². The number of nitrogens with zero attached hydrogens (tertiary/aromatic N) is 4. The Bertz CT molecular complexity index is 1040. The van der Waals surface area contributed by atoms with Crippen LogP contribution in [-0.2, 0) is 0 Å². The lowest BCUT2D eigenvalue weighted by Gasteiger charge is -2.32. The first-order chi connectivity index (χ1) is 14.0. The molecular weight excluding hydrogens is 377 g/mol. The number of aromatic nitrogens is 3. The van der Waals surface area contributed by atoms with Crippen molar-refractivity contribution in [1.82, 2.24) is 19.7 Å². The topological polar surface area (TPSA) is 93.3 Å². The molecule has 1 aliphatic rings. The molecular formula is C20H20FN5O3. The van der Waals surface area contributed by atoms with Crippen LogP contribution in [0.1, 0.15) is 45.5 Å². The predicted molar refractivity (Wildman–Crippen MR) is 102 cm³/mol. The first kappa shape index (κ1) is 18.9. The van der Waals surface area contributed by atoms with Crippen LogP contribution in [0.25, 0.3) is 0 Å². The smallest absolute Gasteiger partial charge is 0.291 e. The summed E-state index contributed by atoms with van der Waals surface area (Å²) in [5.41, 5.74) is 0.812. The summed E-state index contributed by atoms with van der Waals surface area (Å²) < 4.78 is 20.3. The number of halogens is 1. The minimum Gasteiger partial charge on any atom is -0.438 e. The molecule has 2 amide bonds. The van der Waals surface area contributed by atoms with E-state index >= 15 is 0 Å². The number of carbonyl (C=O) groups is 2. The van der Waals surface area contributed by atoms with E-state index in [9.17, 15) is 14.0 Å². The van der Waals surface area contributed by atoms with Crippen LogP contribution < -0.4 is 5.32 Å². The summed E-state index contributed by atoms with van der Waals surface area (Å²) in [6.07, 6.45) is 4.25. The highest BCUT2D eigenvalue weighted by atomic mass is 19.1. The number of oxazole rings is 1. The second kappa shape index (κ2) is 7.86. The molecule has 8 nitrogen and oxygen atoms in total. The van der Waals surface area contributed by atoms with E-state index in [1.54, 1.807) is 34.8 Å². The van der Waals surface area contributed by atoms with Crippen molar-refractivity contribution in [2.75, 3.05) is 18.4 Å². The van der Waals surface area contributed by atoms with E-state index in [-0.39, 0.29) is 23.3 Å². The minimum absolute atomic E-state index is 0.0349. The lowest BCUT2D eigenvalue weighted by molar-refractivity contribution is 0.0658. The zero-order valence-electron chi connectivity index (χ0n) is 15.8. The van der Waals surface area contributed by atoms with Crippen LogP contribution in [0.15, 0.2) is 47.3 Å². The molecule has 0 radical (unpaired) electrons. The summed E-state index contributed by atoms with van der Waals surface area (Å²) >= 11 is 0. The van der Waals surface area contributed by atoms with E-state index in [0.717, 1.165) is 0 Å². The standard InChI is InChI=1S/C20H20FN5O3/c1-13-18(29-12-22-13)20(28)25-9-6-16(7-10-25)26-17(5-8-23-26)24-19(27)14-3-2-4-15(21)11-14/h2-5,8,11-12,16H,6-7,9-10H2,1H3,(H,24,27). The summed E-state index contributed by atoms with van der Waals surface area (Å²) in [4.78, 5) is 30.7. The predicted octanol–water partition coefficient (Wildman–Crippen LogP) is 3.05. The van der Waals surface area contributed by atoms with E-state index < -0.39 is 11.7 Å². The van der Waals surface area contributed by atoms with Crippen molar-refractivity contribution in [1.29, 1.82) is 0 Å². The third-order valence-electron chi connectivity index (χ3n) is 5.04. The Labute approximate surface area is 166 Å². The lowest BCUT2D eigenvalue weighted by atomic mass is 10.0. The normalized spacial score (nSPS) is 14.8. The Morgan fingerprint density at radius 3 is 2.72 bits per heavy atom. The molecule has 0 bridgehead atoms. The minimum atomic E-state index is -0.467. The van der Waals surface area contributed by atoms with Gasteiger partial charge in [0, 0.05) is 24.7 Å². The molecule has 0 unspecified atom stereocenters. The van der Waals surface area contributed by atoms with Crippen LogP contribution >= 0.6 is 0 Å². The average Bonchev–Trinajstić information content (AvgIpc) is 3.36. The van der Waals surface area contributed by atoms with Crippen molar-refractivity contribution in [3.63, 3.8) is 0 Å². The molecule has 9 heteroatoms. The van der Waals surface area contributed by atoms with E-state index in [0.29, 0.717) is 37.4 Å². The fourth-order valence-electron chi connectivity index (χ4n) is 3.49. The van der Waals surface area contributed by atoms with Gasteiger partial charge in [-0.1, -0.05) is 6.07 Å². The number of nitrogens with one attached hydrogen (secondary N) is 1. The third kappa shape index (κ3) is 3.89. The van der Waals surface area contributed by atoms with E-state index in [4.69, 9.17) is 4.42 Å². The van der Waals surface area contributed by atoms with Crippen molar-refractivity contribution >= 4 is 17.6 Å². The molecule has 1 saturated heterocycles. The van der Waals surface area contributed by atoms with E-state index in [1.807, 2.05) is 0 Å². The molecule has 1 fully saturated rings. The van der Waals surface area contributed by atoms with Gasteiger partial charge >= 0.3 is 0 Å². The van der Waals surface area contributed by atoms with Gasteiger partial charge in [-0.3, -0.25) is 9.59 Å². The highest BCUT2D eigenvalue weighted by Crippen LogP contribution is 2.27. The number of piperidine rings is 1. The first-order valence-electron chi connectivity index (χ1n) is 9.32. The Balaban J connectivity index is 1.41. The molecule has 3 aromatic rings. The fraction of sp³-hybridized carbons (Fsp3) is 0.300. The monoisotopic (exact) mass is 397 g/mol. The summed E-state index contributed by atoms with van der Waals surface area (Å²) in [5, 5.41) is 7.12. The van der Waals surface area contributed by atoms with Gasteiger partial charge in [-0.25, -0.2) is 14.1 Å². The van der Waals surface area contributed by atoms with Gasteiger partial charge in [0.15, 0.2) is 6.39 Å². The number of anilines is 1. The van der Waals surface area contributed by atoms with Crippen LogP contribution in [0, 0.1) is 12.7 Å². The molecule has 4 rings (SSSR count). The van der Waals surface area contributed by atoms with Gasteiger partial charge in [-0.05, 0) is 38.0 Å². The molecule has 0 saturated carbocycles.